The molecule has 0 aliphatic heterocycles. The van der Waals surface area contributed by atoms with Crippen LogP contribution in [0.2, 0.25) is 10.0 Å². The number of unbranched alkanes of at least 4 members (excludes halogenated alkanes) is 1. The SMILES string of the molecule is CCCCc1ccc(NC(=S)NCc2ccc(Cl)cc2Cl)c(C)c1. The van der Waals surface area contributed by atoms with Gasteiger partial charge in [-0.15, -0.1) is 0 Å². The summed E-state index contributed by atoms with van der Waals surface area (Å²) in [6, 6.07) is 11.9. The van der Waals surface area contributed by atoms with E-state index in [-0.39, 0.29) is 0 Å². The minimum absolute atomic E-state index is 0.551. The van der Waals surface area contributed by atoms with Crippen molar-refractivity contribution in [1.29, 1.82) is 0 Å². The normalized spacial score (nSPS) is 10.5. The van der Waals surface area contributed by atoms with Gasteiger partial charge in [-0.25, -0.2) is 0 Å². The lowest BCUT2D eigenvalue weighted by molar-refractivity contribution is 0.794. The van der Waals surface area contributed by atoms with E-state index in [0.717, 1.165) is 17.7 Å². The summed E-state index contributed by atoms with van der Waals surface area (Å²) in [6.45, 7) is 4.85. The second kappa shape index (κ2) is 9.26. The molecule has 0 aliphatic rings. The van der Waals surface area contributed by atoms with Gasteiger partial charge in [0, 0.05) is 22.3 Å². The molecule has 0 atom stereocenters. The van der Waals surface area contributed by atoms with Gasteiger partial charge in [0.05, 0.1) is 0 Å². The van der Waals surface area contributed by atoms with Gasteiger partial charge in [0.15, 0.2) is 5.11 Å². The third-order valence-electron chi connectivity index (χ3n) is 3.81. The minimum atomic E-state index is 0.551. The van der Waals surface area contributed by atoms with Crippen molar-refractivity contribution in [2.75, 3.05) is 5.32 Å². The summed E-state index contributed by atoms with van der Waals surface area (Å²) >= 11 is 17.5. The molecule has 0 radical (unpaired) electrons. The zero-order chi connectivity index (χ0) is 17.5. The average molecular weight is 381 g/mol. The zero-order valence-electron chi connectivity index (χ0n) is 14.0. The van der Waals surface area contributed by atoms with Crippen LogP contribution in [0.1, 0.15) is 36.5 Å². The van der Waals surface area contributed by atoms with E-state index in [0.29, 0.717) is 21.7 Å². The van der Waals surface area contributed by atoms with Crippen LogP contribution in [-0.4, -0.2) is 5.11 Å². The van der Waals surface area contributed by atoms with Crippen LogP contribution in [0, 0.1) is 6.92 Å². The van der Waals surface area contributed by atoms with E-state index in [1.54, 1.807) is 6.07 Å². The molecule has 2 N–H and O–H groups in total. The lowest BCUT2D eigenvalue weighted by Crippen LogP contribution is -2.28. The molecule has 2 rings (SSSR count). The summed E-state index contributed by atoms with van der Waals surface area (Å²) in [4.78, 5) is 0. The number of halogens is 2. The van der Waals surface area contributed by atoms with Crippen LogP contribution in [-0.2, 0) is 13.0 Å². The van der Waals surface area contributed by atoms with Gasteiger partial charge in [-0.05, 0) is 66.9 Å². The Morgan fingerprint density at radius 2 is 1.92 bits per heavy atom. The Hall–Kier alpha value is -1.29. The molecule has 0 fully saturated rings. The van der Waals surface area contributed by atoms with Crippen LogP contribution in [0.25, 0.3) is 0 Å². The van der Waals surface area contributed by atoms with E-state index in [4.69, 9.17) is 35.4 Å². The number of anilines is 1. The van der Waals surface area contributed by atoms with Gasteiger partial charge in [0.1, 0.15) is 0 Å². The Morgan fingerprint density at radius 1 is 1.12 bits per heavy atom. The summed E-state index contributed by atoms with van der Waals surface area (Å²) in [7, 11) is 0. The number of hydrogen-bond donors (Lipinski definition) is 2. The Balaban J connectivity index is 1.92. The molecule has 0 amide bonds. The van der Waals surface area contributed by atoms with E-state index in [1.807, 2.05) is 12.1 Å². The lowest BCUT2D eigenvalue weighted by Gasteiger charge is -2.14. The highest BCUT2D eigenvalue weighted by Gasteiger charge is 2.05. The molecule has 0 spiro atoms. The van der Waals surface area contributed by atoms with Gasteiger partial charge in [-0.3, -0.25) is 0 Å². The largest absolute Gasteiger partial charge is 0.358 e. The van der Waals surface area contributed by atoms with E-state index in [1.165, 1.54) is 24.0 Å². The highest BCUT2D eigenvalue weighted by Crippen LogP contribution is 2.21. The van der Waals surface area contributed by atoms with Crippen LogP contribution in [0.15, 0.2) is 36.4 Å². The van der Waals surface area contributed by atoms with Crippen molar-refractivity contribution in [3.05, 3.63) is 63.1 Å². The summed E-state index contributed by atoms with van der Waals surface area (Å²) < 4.78 is 0. The Morgan fingerprint density at radius 3 is 2.58 bits per heavy atom. The number of nitrogens with one attached hydrogen (secondary N) is 2. The monoisotopic (exact) mass is 380 g/mol. The minimum Gasteiger partial charge on any atom is -0.358 e. The Bertz CT molecular complexity index is 717. The van der Waals surface area contributed by atoms with E-state index in [9.17, 15) is 0 Å². The predicted molar refractivity (Wildman–Crippen MR) is 109 cm³/mol. The lowest BCUT2D eigenvalue weighted by atomic mass is 10.0. The second-order valence-electron chi connectivity index (χ2n) is 5.80. The van der Waals surface area contributed by atoms with Gasteiger partial charge in [0.25, 0.3) is 0 Å². The molecular formula is C19H22Cl2N2S. The molecule has 0 heterocycles. The average Bonchev–Trinajstić information content (AvgIpc) is 2.54. The van der Waals surface area contributed by atoms with Crippen LogP contribution in [0.4, 0.5) is 5.69 Å². The van der Waals surface area contributed by atoms with Crippen molar-refractivity contribution in [2.24, 2.45) is 0 Å². The molecule has 0 saturated heterocycles. The van der Waals surface area contributed by atoms with Crippen LogP contribution in [0.5, 0.6) is 0 Å². The molecule has 2 nitrogen and oxygen atoms in total. The molecule has 0 bridgehead atoms. The third-order valence-corrected chi connectivity index (χ3v) is 4.65. The van der Waals surface area contributed by atoms with Gasteiger partial charge in [-0.1, -0.05) is 54.7 Å². The van der Waals surface area contributed by atoms with Crippen molar-refractivity contribution >= 4 is 46.2 Å². The molecule has 0 aromatic heterocycles. The first-order valence-electron chi connectivity index (χ1n) is 8.08. The Kier molecular flexibility index (Phi) is 7.35. The summed E-state index contributed by atoms with van der Waals surface area (Å²) in [5, 5.41) is 8.26. The smallest absolute Gasteiger partial charge is 0.171 e. The second-order valence-corrected chi connectivity index (χ2v) is 7.05. The maximum absolute atomic E-state index is 6.17. The number of aryl methyl sites for hydroxylation is 2. The zero-order valence-corrected chi connectivity index (χ0v) is 16.3. The predicted octanol–water partition coefficient (Wildman–Crippen LogP) is 6.13. The van der Waals surface area contributed by atoms with Crippen molar-refractivity contribution in [1.82, 2.24) is 5.32 Å². The van der Waals surface area contributed by atoms with Crippen molar-refractivity contribution in [2.45, 2.75) is 39.7 Å². The summed E-state index contributed by atoms with van der Waals surface area (Å²) in [6.07, 6.45) is 3.55. The van der Waals surface area contributed by atoms with Gasteiger partial charge >= 0.3 is 0 Å². The number of rotatable bonds is 6. The van der Waals surface area contributed by atoms with Crippen LogP contribution in [0.3, 0.4) is 0 Å². The van der Waals surface area contributed by atoms with E-state index < -0.39 is 0 Å². The van der Waals surface area contributed by atoms with Crippen molar-refractivity contribution in [3.8, 4) is 0 Å². The fourth-order valence-corrected chi connectivity index (χ4v) is 3.07. The standard InChI is InChI=1S/C19H22Cl2N2S/c1-3-4-5-14-6-9-18(13(2)10-14)23-19(24)22-12-15-7-8-16(20)11-17(15)21/h6-11H,3-5,12H2,1-2H3,(H2,22,23,24). The molecule has 2 aromatic carbocycles. The van der Waals surface area contributed by atoms with Crippen molar-refractivity contribution < 1.29 is 0 Å². The summed E-state index contributed by atoms with van der Waals surface area (Å²) in [5.41, 5.74) is 4.54. The quantitative estimate of drug-likeness (QED) is 0.589. The highest BCUT2D eigenvalue weighted by molar-refractivity contribution is 7.80. The Labute approximate surface area is 159 Å². The van der Waals surface area contributed by atoms with Crippen LogP contribution >= 0.6 is 35.4 Å². The molecule has 0 aliphatic carbocycles. The first-order chi connectivity index (χ1) is 11.5. The molecule has 5 heteroatoms. The molecule has 128 valence electrons. The van der Waals surface area contributed by atoms with Gasteiger partial charge < -0.3 is 10.6 Å². The van der Waals surface area contributed by atoms with Crippen LogP contribution < -0.4 is 10.6 Å². The van der Waals surface area contributed by atoms with Gasteiger partial charge in [0.2, 0.25) is 0 Å². The van der Waals surface area contributed by atoms with Gasteiger partial charge in [-0.2, -0.15) is 0 Å². The van der Waals surface area contributed by atoms with E-state index in [2.05, 4.69) is 42.7 Å². The topological polar surface area (TPSA) is 24.1 Å². The number of benzene rings is 2. The fraction of sp³-hybridized carbons (Fsp3) is 0.316. The number of thiocarbonyl (C=S) groups is 1. The molecular weight excluding hydrogens is 359 g/mol. The molecule has 0 saturated carbocycles. The third kappa shape index (κ3) is 5.66. The molecule has 2 aromatic rings. The maximum atomic E-state index is 6.17. The number of hydrogen-bond acceptors (Lipinski definition) is 1. The fourth-order valence-electron chi connectivity index (χ4n) is 2.41. The molecule has 0 unspecified atom stereocenters. The van der Waals surface area contributed by atoms with Crippen molar-refractivity contribution in [3.63, 3.8) is 0 Å². The first-order valence-corrected chi connectivity index (χ1v) is 9.24. The highest BCUT2D eigenvalue weighted by atomic mass is 35.5. The molecule has 24 heavy (non-hydrogen) atoms. The van der Waals surface area contributed by atoms with E-state index >= 15 is 0 Å². The summed E-state index contributed by atoms with van der Waals surface area (Å²) in [5.74, 6) is 0. The first kappa shape index (κ1) is 19.0. The maximum Gasteiger partial charge on any atom is 0.171 e.